The molecule has 0 unspecified atom stereocenters. The first kappa shape index (κ1) is 25.0. The van der Waals surface area contributed by atoms with Crippen LogP contribution in [0.5, 0.6) is 0 Å². The van der Waals surface area contributed by atoms with Crippen molar-refractivity contribution in [3.8, 4) is 0 Å². The molecule has 3 aromatic rings. The summed E-state index contributed by atoms with van der Waals surface area (Å²) in [6, 6.07) is 4.87. The van der Waals surface area contributed by atoms with Crippen molar-refractivity contribution < 1.29 is 22.7 Å². The molecule has 0 aliphatic carbocycles. The summed E-state index contributed by atoms with van der Waals surface area (Å²) < 4.78 is 46.2. The number of pyridine rings is 1. The van der Waals surface area contributed by atoms with E-state index in [-0.39, 0.29) is 28.8 Å². The third-order valence-corrected chi connectivity index (χ3v) is 6.97. The molecule has 9 nitrogen and oxygen atoms in total. The number of aromatic amines is 1. The molecular formula is C25H27F3N6O3. The predicted octanol–water partition coefficient (Wildman–Crippen LogP) is 3.17. The Morgan fingerprint density at radius 3 is 2.51 bits per heavy atom. The van der Waals surface area contributed by atoms with Crippen LogP contribution in [0, 0.1) is 18.7 Å². The van der Waals surface area contributed by atoms with E-state index in [9.17, 15) is 22.8 Å². The second-order valence-electron chi connectivity index (χ2n) is 9.37. The fraction of sp³-hybridized carbons (Fsp3) is 0.440. The Morgan fingerprint density at radius 2 is 1.86 bits per heavy atom. The maximum absolute atomic E-state index is 14.7. The molecule has 0 bridgehead atoms. The SMILES string of the molecule is Cc1nnc(N[C@H](C)c2cccc(C(F)F)c2F)c2cc(N3CCN(C(=O)C4COC4)CC3)c(=O)[nH]c12. The molecular weight excluding hydrogens is 489 g/mol. The molecule has 2 aliphatic heterocycles. The number of carbonyl (C=O) groups is 1. The summed E-state index contributed by atoms with van der Waals surface area (Å²) in [5, 5.41) is 11.9. The Kier molecular flexibility index (Phi) is 6.76. The lowest BCUT2D eigenvalue weighted by molar-refractivity contribution is -0.150. The van der Waals surface area contributed by atoms with Gasteiger partial charge in [-0.1, -0.05) is 18.2 Å². The zero-order valence-electron chi connectivity index (χ0n) is 20.4. The van der Waals surface area contributed by atoms with Crippen LogP contribution in [-0.2, 0) is 9.53 Å². The molecule has 2 aromatic heterocycles. The quantitative estimate of drug-likeness (QED) is 0.519. The maximum Gasteiger partial charge on any atom is 0.272 e. The number of alkyl halides is 2. The number of ether oxygens (including phenoxy) is 1. The van der Waals surface area contributed by atoms with Crippen molar-refractivity contribution >= 4 is 28.3 Å². The Bertz CT molecular complexity index is 1390. The van der Waals surface area contributed by atoms with E-state index in [4.69, 9.17) is 4.74 Å². The average molecular weight is 517 g/mol. The number of amides is 1. The van der Waals surface area contributed by atoms with E-state index in [1.807, 2.05) is 4.90 Å². The number of anilines is 2. The van der Waals surface area contributed by atoms with Crippen molar-refractivity contribution in [2.24, 2.45) is 5.92 Å². The maximum atomic E-state index is 14.7. The van der Waals surface area contributed by atoms with Crippen LogP contribution >= 0.6 is 0 Å². The number of rotatable bonds is 6. The standard InChI is InChI=1S/C25H27F3N6O3/c1-13(16-4-3-5-17(20(16)26)22(27)28)29-23-18-10-19(24(35)30-21(18)14(2)31-32-23)33-6-8-34(9-7-33)25(36)15-11-37-12-15/h3-5,10,13,15,22H,6-9,11-12H2,1-2H3,(H,29,32)(H,30,35)/t13-/m1/s1. The summed E-state index contributed by atoms with van der Waals surface area (Å²) in [7, 11) is 0. The number of piperazine rings is 1. The highest BCUT2D eigenvalue weighted by Crippen LogP contribution is 2.31. The Balaban J connectivity index is 1.42. The first-order valence-corrected chi connectivity index (χ1v) is 12.1. The van der Waals surface area contributed by atoms with Gasteiger partial charge in [-0.2, -0.15) is 5.10 Å². The second-order valence-corrected chi connectivity index (χ2v) is 9.37. The van der Waals surface area contributed by atoms with Gasteiger partial charge in [0.25, 0.3) is 12.0 Å². The number of aromatic nitrogens is 3. The summed E-state index contributed by atoms with van der Waals surface area (Å²) in [6.07, 6.45) is -2.93. The van der Waals surface area contributed by atoms with Crippen molar-refractivity contribution in [3.05, 3.63) is 57.3 Å². The highest BCUT2D eigenvalue weighted by Gasteiger charge is 2.32. The number of carbonyl (C=O) groups excluding carboxylic acids is 1. The van der Waals surface area contributed by atoms with Gasteiger partial charge in [0.05, 0.1) is 41.9 Å². The molecule has 1 atom stereocenters. The number of nitrogens with zero attached hydrogens (tertiary/aromatic N) is 4. The van der Waals surface area contributed by atoms with Crippen LogP contribution in [0.15, 0.2) is 29.1 Å². The number of aryl methyl sites for hydroxylation is 1. The van der Waals surface area contributed by atoms with Gasteiger partial charge in [0, 0.05) is 37.1 Å². The first-order chi connectivity index (χ1) is 17.7. The van der Waals surface area contributed by atoms with E-state index in [0.717, 1.165) is 6.07 Å². The molecule has 0 saturated carbocycles. The molecule has 196 valence electrons. The summed E-state index contributed by atoms with van der Waals surface area (Å²) in [6.45, 7) is 6.19. The van der Waals surface area contributed by atoms with E-state index in [2.05, 4.69) is 20.5 Å². The van der Waals surface area contributed by atoms with Crippen molar-refractivity contribution in [3.63, 3.8) is 0 Å². The van der Waals surface area contributed by atoms with Gasteiger partial charge < -0.3 is 24.8 Å². The molecule has 2 aliphatic rings. The summed E-state index contributed by atoms with van der Waals surface area (Å²) in [5.41, 5.74) is 0.488. The van der Waals surface area contributed by atoms with E-state index in [1.54, 1.807) is 24.8 Å². The first-order valence-electron chi connectivity index (χ1n) is 12.1. The topological polar surface area (TPSA) is 103 Å². The van der Waals surface area contributed by atoms with Gasteiger partial charge in [-0.05, 0) is 19.9 Å². The van der Waals surface area contributed by atoms with E-state index in [1.165, 1.54) is 12.1 Å². The van der Waals surface area contributed by atoms with Gasteiger partial charge in [0.2, 0.25) is 5.91 Å². The fourth-order valence-corrected chi connectivity index (χ4v) is 4.72. The lowest BCUT2D eigenvalue weighted by Crippen LogP contribution is -2.53. The van der Waals surface area contributed by atoms with Crippen LogP contribution < -0.4 is 15.8 Å². The number of H-pyrrole nitrogens is 1. The van der Waals surface area contributed by atoms with Gasteiger partial charge in [0.15, 0.2) is 5.82 Å². The van der Waals surface area contributed by atoms with Crippen LogP contribution in [0.25, 0.3) is 10.9 Å². The van der Waals surface area contributed by atoms with Gasteiger partial charge in [-0.25, -0.2) is 13.2 Å². The van der Waals surface area contributed by atoms with Crippen LogP contribution in [0.1, 0.15) is 36.2 Å². The zero-order valence-corrected chi connectivity index (χ0v) is 20.4. The van der Waals surface area contributed by atoms with Crippen LogP contribution in [-0.4, -0.2) is 65.4 Å². The number of hydrogen-bond acceptors (Lipinski definition) is 7. The number of nitrogens with one attached hydrogen (secondary N) is 2. The smallest absolute Gasteiger partial charge is 0.272 e. The molecule has 0 radical (unpaired) electrons. The van der Waals surface area contributed by atoms with Crippen molar-refractivity contribution in [1.29, 1.82) is 0 Å². The zero-order chi connectivity index (χ0) is 26.3. The molecule has 2 fully saturated rings. The van der Waals surface area contributed by atoms with E-state index >= 15 is 0 Å². The van der Waals surface area contributed by atoms with Crippen molar-refractivity contribution in [2.75, 3.05) is 49.6 Å². The highest BCUT2D eigenvalue weighted by molar-refractivity contribution is 5.92. The third kappa shape index (κ3) is 4.73. The predicted molar refractivity (Wildman–Crippen MR) is 131 cm³/mol. The van der Waals surface area contributed by atoms with Gasteiger partial charge in [0.1, 0.15) is 11.5 Å². The van der Waals surface area contributed by atoms with Crippen LogP contribution in [0.4, 0.5) is 24.7 Å². The number of halogens is 3. The molecule has 4 heterocycles. The van der Waals surface area contributed by atoms with Crippen LogP contribution in [0.3, 0.4) is 0 Å². The monoisotopic (exact) mass is 516 g/mol. The highest BCUT2D eigenvalue weighted by atomic mass is 19.3. The number of hydrogen-bond donors (Lipinski definition) is 2. The van der Waals surface area contributed by atoms with Crippen LogP contribution in [0.2, 0.25) is 0 Å². The molecule has 1 amide bonds. The van der Waals surface area contributed by atoms with Crippen molar-refractivity contribution in [2.45, 2.75) is 26.3 Å². The molecule has 2 N–H and O–H groups in total. The lowest BCUT2D eigenvalue weighted by atomic mass is 10.0. The minimum atomic E-state index is -2.93. The minimum Gasteiger partial charge on any atom is -0.380 e. The Morgan fingerprint density at radius 1 is 1.16 bits per heavy atom. The fourth-order valence-electron chi connectivity index (χ4n) is 4.72. The molecule has 5 rings (SSSR count). The normalized spacial score (nSPS) is 17.2. The molecule has 12 heteroatoms. The van der Waals surface area contributed by atoms with E-state index < -0.39 is 23.8 Å². The van der Waals surface area contributed by atoms with Gasteiger partial charge >= 0.3 is 0 Å². The molecule has 1 aromatic carbocycles. The summed E-state index contributed by atoms with van der Waals surface area (Å²) in [4.78, 5) is 32.1. The summed E-state index contributed by atoms with van der Waals surface area (Å²) >= 11 is 0. The minimum absolute atomic E-state index is 0.0654. The van der Waals surface area contributed by atoms with E-state index in [0.29, 0.717) is 61.7 Å². The summed E-state index contributed by atoms with van der Waals surface area (Å²) in [5.74, 6) is -0.699. The second kappa shape index (κ2) is 10.0. The Hall–Kier alpha value is -3.67. The average Bonchev–Trinajstić information content (AvgIpc) is 2.84. The van der Waals surface area contributed by atoms with Crippen molar-refractivity contribution in [1.82, 2.24) is 20.1 Å². The largest absolute Gasteiger partial charge is 0.380 e. The van der Waals surface area contributed by atoms with Gasteiger partial charge in [-0.3, -0.25) is 9.59 Å². The lowest BCUT2D eigenvalue weighted by Gasteiger charge is -2.38. The van der Waals surface area contributed by atoms with Gasteiger partial charge in [-0.15, -0.1) is 5.10 Å². The Labute approximate surface area is 210 Å². The molecule has 0 spiro atoms. The number of fused-ring (bicyclic) bond motifs is 1. The molecule has 2 saturated heterocycles. The third-order valence-electron chi connectivity index (χ3n) is 6.97. The molecule has 37 heavy (non-hydrogen) atoms. The number of benzene rings is 1.